The third-order valence-electron chi connectivity index (χ3n) is 5.49. The quantitative estimate of drug-likeness (QED) is 0.768. The second kappa shape index (κ2) is 8.71. The van der Waals surface area contributed by atoms with Gasteiger partial charge in [0.2, 0.25) is 11.8 Å². The number of benzene rings is 1. The molecule has 2 heterocycles. The predicted octanol–water partition coefficient (Wildman–Crippen LogP) is 1.49. The van der Waals surface area contributed by atoms with Crippen molar-refractivity contribution in [2.24, 2.45) is 5.73 Å². The molecule has 0 aliphatic carbocycles. The zero-order chi connectivity index (χ0) is 21.2. The van der Waals surface area contributed by atoms with Gasteiger partial charge in [0.05, 0.1) is 12.6 Å². The Morgan fingerprint density at radius 3 is 2.59 bits per heavy atom. The summed E-state index contributed by atoms with van der Waals surface area (Å²) in [7, 11) is 0. The Hall–Kier alpha value is -2.13. The summed E-state index contributed by atoms with van der Waals surface area (Å²) in [5.74, 6) is -3.87. The van der Waals surface area contributed by atoms with Crippen LogP contribution in [0, 0.1) is 5.82 Å². The minimum Gasteiger partial charge on any atom is -0.350 e. The Labute approximate surface area is 168 Å². The van der Waals surface area contributed by atoms with Crippen molar-refractivity contribution in [2.75, 3.05) is 19.6 Å². The number of hydrogen-bond donors (Lipinski definition) is 2. The fourth-order valence-corrected chi connectivity index (χ4v) is 4.17. The summed E-state index contributed by atoms with van der Waals surface area (Å²) in [6.07, 6.45) is 1.65. The van der Waals surface area contributed by atoms with Crippen LogP contribution in [0.15, 0.2) is 24.3 Å². The van der Waals surface area contributed by atoms with E-state index in [4.69, 9.17) is 5.73 Å². The zero-order valence-corrected chi connectivity index (χ0v) is 16.4. The second-order valence-electron chi connectivity index (χ2n) is 8.04. The molecule has 0 aromatic heterocycles. The molecule has 29 heavy (non-hydrogen) atoms. The average Bonchev–Trinajstić information content (AvgIpc) is 3.06. The lowest BCUT2D eigenvalue weighted by molar-refractivity contribution is -0.143. The Kier molecular flexibility index (Phi) is 6.48. The van der Waals surface area contributed by atoms with Gasteiger partial charge in [0.15, 0.2) is 0 Å². The monoisotopic (exact) mass is 412 g/mol. The standard InChI is InChI=1S/C20H27F3N4O2/c1-20(22,23)12-26-9-8-15-6-7-17(27(15)19(29)16(24)11-26)18(28)25-10-13-2-4-14(21)5-3-13/h2-5,15-17H,6-12,24H2,1H3,(H,25,28)/t15-,16+,17+/m1/s1. The van der Waals surface area contributed by atoms with Crippen LogP contribution in [0.5, 0.6) is 0 Å². The highest BCUT2D eigenvalue weighted by Gasteiger charge is 2.44. The number of rotatable bonds is 5. The number of nitrogens with two attached hydrogens (primary N) is 1. The number of carbonyl (C=O) groups excluding carboxylic acids is 2. The third-order valence-corrected chi connectivity index (χ3v) is 5.49. The van der Waals surface area contributed by atoms with Crippen molar-refractivity contribution < 1.29 is 22.8 Å². The van der Waals surface area contributed by atoms with E-state index in [1.54, 1.807) is 17.0 Å². The van der Waals surface area contributed by atoms with E-state index >= 15 is 0 Å². The minimum atomic E-state index is -2.86. The molecular weight excluding hydrogens is 385 g/mol. The van der Waals surface area contributed by atoms with Gasteiger partial charge in [-0.05, 0) is 37.0 Å². The molecule has 9 heteroatoms. The van der Waals surface area contributed by atoms with Gasteiger partial charge in [0.1, 0.15) is 11.9 Å². The maximum atomic E-state index is 13.4. The number of amides is 2. The Bertz CT molecular complexity index is 738. The fraction of sp³-hybridized carbons (Fsp3) is 0.600. The van der Waals surface area contributed by atoms with Crippen molar-refractivity contribution in [3.63, 3.8) is 0 Å². The molecule has 0 radical (unpaired) electrons. The average molecular weight is 412 g/mol. The molecule has 6 nitrogen and oxygen atoms in total. The first kappa shape index (κ1) is 21.6. The van der Waals surface area contributed by atoms with Crippen LogP contribution in [0.2, 0.25) is 0 Å². The number of alkyl halides is 2. The lowest BCUT2D eigenvalue weighted by atomic mass is 10.1. The van der Waals surface area contributed by atoms with Crippen LogP contribution in [0.25, 0.3) is 0 Å². The third kappa shape index (κ3) is 5.48. The number of nitrogens with one attached hydrogen (secondary N) is 1. The van der Waals surface area contributed by atoms with E-state index in [-0.39, 0.29) is 36.8 Å². The van der Waals surface area contributed by atoms with Gasteiger partial charge in [-0.1, -0.05) is 12.1 Å². The highest BCUT2D eigenvalue weighted by molar-refractivity contribution is 5.90. The van der Waals surface area contributed by atoms with Crippen LogP contribution in [-0.2, 0) is 16.1 Å². The van der Waals surface area contributed by atoms with Crippen molar-refractivity contribution in [2.45, 2.75) is 56.8 Å². The maximum absolute atomic E-state index is 13.4. The molecule has 2 fully saturated rings. The highest BCUT2D eigenvalue weighted by Crippen LogP contribution is 2.29. The van der Waals surface area contributed by atoms with Gasteiger partial charge in [0.25, 0.3) is 5.92 Å². The molecular formula is C20H27F3N4O2. The molecule has 3 N–H and O–H groups in total. The molecule has 0 saturated carbocycles. The van der Waals surface area contributed by atoms with Gasteiger partial charge in [0, 0.05) is 32.6 Å². The summed E-state index contributed by atoms with van der Waals surface area (Å²) in [4.78, 5) is 28.7. The predicted molar refractivity (Wildman–Crippen MR) is 102 cm³/mol. The van der Waals surface area contributed by atoms with Crippen LogP contribution in [0.1, 0.15) is 31.7 Å². The van der Waals surface area contributed by atoms with Gasteiger partial charge in [-0.3, -0.25) is 14.5 Å². The van der Waals surface area contributed by atoms with Crippen LogP contribution in [-0.4, -0.2) is 65.3 Å². The summed E-state index contributed by atoms with van der Waals surface area (Å²) >= 11 is 0. The molecule has 3 atom stereocenters. The summed E-state index contributed by atoms with van der Waals surface area (Å²) in [6.45, 7) is 1.07. The molecule has 2 aliphatic heterocycles. The number of hydrogen-bond acceptors (Lipinski definition) is 4. The first-order valence-electron chi connectivity index (χ1n) is 9.84. The van der Waals surface area contributed by atoms with Gasteiger partial charge < -0.3 is 16.0 Å². The van der Waals surface area contributed by atoms with E-state index in [1.165, 1.54) is 17.0 Å². The van der Waals surface area contributed by atoms with Crippen LogP contribution < -0.4 is 11.1 Å². The Balaban J connectivity index is 1.64. The number of fused-ring (bicyclic) bond motifs is 1. The topological polar surface area (TPSA) is 78.7 Å². The minimum absolute atomic E-state index is 0.0371. The summed E-state index contributed by atoms with van der Waals surface area (Å²) in [5.41, 5.74) is 6.76. The number of halogens is 3. The molecule has 2 aliphatic rings. The molecule has 1 aromatic rings. The molecule has 160 valence electrons. The molecule has 0 spiro atoms. The molecule has 2 amide bonds. The van der Waals surface area contributed by atoms with Crippen LogP contribution in [0.3, 0.4) is 0 Å². The van der Waals surface area contributed by atoms with E-state index in [1.807, 2.05) is 0 Å². The van der Waals surface area contributed by atoms with Crippen molar-refractivity contribution in [3.05, 3.63) is 35.6 Å². The SMILES string of the molecule is CC(F)(F)CN1CC[C@H]2CC[C@@H](C(=O)NCc3ccc(F)cc3)N2C(=O)[C@@H](N)C1. The second-order valence-corrected chi connectivity index (χ2v) is 8.04. The van der Waals surface area contributed by atoms with Gasteiger partial charge in [-0.2, -0.15) is 0 Å². The number of carbonyl (C=O) groups is 2. The lowest BCUT2D eigenvalue weighted by Crippen LogP contribution is -2.59. The molecule has 0 unspecified atom stereocenters. The highest BCUT2D eigenvalue weighted by atomic mass is 19.3. The van der Waals surface area contributed by atoms with Crippen molar-refractivity contribution in [1.29, 1.82) is 0 Å². The maximum Gasteiger partial charge on any atom is 0.257 e. The van der Waals surface area contributed by atoms with Gasteiger partial charge in [-0.15, -0.1) is 0 Å². The van der Waals surface area contributed by atoms with Crippen LogP contribution in [0.4, 0.5) is 13.2 Å². The van der Waals surface area contributed by atoms with Crippen molar-refractivity contribution >= 4 is 11.8 Å². The smallest absolute Gasteiger partial charge is 0.257 e. The van der Waals surface area contributed by atoms with E-state index in [0.29, 0.717) is 25.8 Å². The van der Waals surface area contributed by atoms with E-state index in [2.05, 4.69) is 5.32 Å². The lowest BCUT2D eigenvalue weighted by Gasteiger charge is -2.38. The first-order chi connectivity index (χ1) is 13.6. The van der Waals surface area contributed by atoms with Crippen LogP contribution >= 0.6 is 0 Å². The Morgan fingerprint density at radius 2 is 1.93 bits per heavy atom. The van der Waals surface area contributed by atoms with Crippen molar-refractivity contribution in [3.8, 4) is 0 Å². The molecule has 1 aromatic carbocycles. The van der Waals surface area contributed by atoms with E-state index < -0.39 is 24.6 Å². The largest absolute Gasteiger partial charge is 0.350 e. The zero-order valence-electron chi connectivity index (χ0n) is 16.4. The summed E-state index contributed by atoms with van der Waals surface area (Å²) in [5, 5.41) is 2.80. The fourth-order valence-electron chi connectivity index (χ4n) is 4.17. The van der Waals surface area contributed by atoms with Gasteiger partial charge >= 0.3 is 0 Å². The summed E-state index contributed by atoms with van der Waals surface area (Å²) < 4.78 is 39.8. The summed E-state index contributed by atoms with van der Waals surface area (Å²) in [6, 6.07) is 4.04. The molecule has 0 bridgehead atoms. The van der Waals surface area contributed by atoms with Crippen molar-refractivity contribution in [1.82, 2.24) is 15.1 Å². The molecule has 2 saturated heterocycles. The normalized spacial score (nSPS) is 26.0. The van der Waals surface area contributed by atoms with E-state index in [0.717, 1.165) is 12.5 Å². The van der Waals surface area contributed by atoms with Gasteiger partial charge in [-0.25, -0.2) is 13.2 Å². The molecule has 3 rings (SSSR count). The number of nitrogens with zero attached hydrogens (tertiary/aromatic N) is 2. The first-order valence-corrected chi connectivity index (χ1v) is 9.84. The van der Waals surface area contributed by atoms with E-state index in [9.17, 15) is 22.8 Å². The Morgan fingerprint density at radius 1 is 1.24 bits per heavy atom.